The van der Waals surface area contributed by atoms with E-state index in [2.05, 4.69) is 14.9 Å². The lowest BCUT2D eigenvalue weighted by atomic mass is 10.1. The standard InChI is InChI=1S/C26H28ClN3O4S/c1-18-4-3-5-24(19(18)2)29-35(32,33)25-16-21(8-11-23(25)27)26(31)28-17-20-6-9-22(10-7-20)30-12-14-34-15-13-30/h3-11,16,29H,12-15,17H2,1-2H3,(H,28,31). The van der Waals surface area contributed by atoms with Crippen LogP contribution in [0.15, 0.2) is 65.6 Å². The van der Waals surface area contributed by atoms with Gasteiger partial charge in [-0.2, -0.15) is 0 Å². The maximum Gasteiger partial charge on any atom is 0.263 e. The molecule has 4 rings (SSSR count). The number of nitrogens with zero attached hydrogens (tertiary/aromatic N) is 1. The largest absolute Gasteiger partial charge is 0.378 e. The lowest BCUT2D eigenvalue weighted by molar-refractivity contribution is 0.0950. The number of sulfonamides is 1. The van der Waals surface area contributed by atoms with Crippen molar-refractivity contribution in [2.75, 3.05) is 35.9 Å². The first-order chi connectivity index (χ1) is 16.7. The van der Waals surface area contributed by atoms with E-state index in [9.17, 15) is 13.2 Å². The number of hydrogen-bond donors (Lipinski definition) is 2. The Morgan fingerprint density at radius 1 is 1.03 bits per heavy atom. The van der Waals surface area contributed by atoms with Gasteiger partial charge in [0.15, 0.2) is 0 Å². The monoisotopic (exact) mass is 513 g/mol. The Labute approximate surface area is 211 Å². The maximum atomic E-state index is 13.1. The fourth-order valence-electron chi connectivity index (χ4n) is 3.84. The van der Waals surface area contributed by atoms with Gasteiger partial charge in [0.25, 0.3) is 15.9 Å². The molecule has 35 heavy (non-hydrogen) atoms. The van der Waals surface area contributed by atoms with E-state index in [0.717, 1.165) is 48.7 Å². The fraction of sp³-hybridized carbons (Fsp3) is 0.269. The van der Waals surface area contributed by atoms with Crippen molar-refractivity contribution in [3.05, 3.63) is 87.9 Å². The van der Waals surface area contributed by atoms with Crippen molar-refractivity contribution in [1.29, 1.82) is 0 Å². The summed E-state index contributed by atoms with van der Waals surface area (Å²) in [6, 6.07) is 17.6. The van der Waals surface area contributed by atoms with E-state index >= 15 is 0 Å². The SMILES string of the molecule is Cc1cccc(NS(=O)(=O)c2cc(C(=O)NCc3ccc(N4CCOCC4)cc3)ccc2Cl)c1C. The zero-order valence-corrected chi connectivity index (χ0v) is 21.2. The number of ether oxygens (including phenoxy) is 1. The van der Waals surface area contributed by atoms with Gasteiger partial charge in [0.05, 0.1) is 23.9 Å². The number of rotatable bonds is 7. The fourth-order valence-corrected chi connectivity index (χ4v) is 5.49. The molecule has 1 aliphatic rings. The average Bonchev–Trinajstić information content (AvgIpc) is 2.86. The second kappa shape index (κ2) is 10.7. The molecule has 9 heteroatoms. The molecule has 3 aromatic rings. The van der Waals surface area contributed by atoms with Crippen LogP contribution < -0.4 is 14.9 Å². The van der Waals surface area contributed by atoms with Gasteiger partial charge in [-0.1, -0.05) is 35.9 Å². The third kappa shape index (κ3) is 5.96. The average molecular weight is 514 g/mol. The topological polar surface area (TPSA) is 87.7 Å². The van der Waals surface area contributed by atoms with Crippen LogP contribution in [0.25, 0.3) is 0 Å². The second-order valence-electron chi connectivity index (χ2n) is 8.45. The molecule has 7 nitrogen and oxygen atoms in total. The predicted molar refractivity (Wildman–Crippen MR) is 139 cm³/mol. The number of nitrogens with one attached hydrogen (secondary N) is 2. The van der Waals surface area contributed by atoms with Gasteiger partial charge in [-0.3, -0.25) is 9.52 Å². The smallest absolute Gasteiger partial charge is 0.263 e. The van der Waals surface area contributed by atoms with Gasteiger partial charge >= 0.3 is 0 Å². The van der Waals surface area contributed by atoms with Crippen molar-refractivity contribution in [3.8, 4) is 0 Å². The first kappa shape index (κ1) is 25.0. The van der Waals surface area contributed by atoms with E-state index in [4.69, 9.17) is 16.3 Å². The first-order valence-corrected chi connectivity index (χ1v) is 13.2. The first-order valence-electron chi connectivity index (χ1n) is 11.3. The Hall–Kier alpha value is -3.07. The second-order valence-corrected chi connectivity index (χ2v) is 10.5. The highest BCUT2D eigenvalue weighted by Gasteiger charge is 2.21. The van der Waals surface area contributed by atoms with Gasteiger partial charge < -0.3 is 15.0 Å². The summed E-state index contributed by atoms with van der Waals surface area (Å²) < 4.78 is 34.1. The van der Waals surface area contributed by atoms with Crippen molar-refractivity contribution < 1.29 is 17.9 Å². The van der Waals surface area contributed by atoms with Gasteiger partial charge in [0.2, 0.25) is 0 Å². The number of carbonyl (C=O) groups excluding carboxylic acids is 1. The lowest BCUT2D eigenvalue weighted by Crippen LogP contribution is -2.36. The Morgan fingerprint density at radius 3 is 2.46 bits per heavy atom. The molecule has 1 saturated heterocycles. The molecule has 3 aromatic carbocycles. The van der Waals surface area contributed by atoms with Gasteiger partial charge in [0.1, 0.15) is 4.90 Å². The summed E-state index contributed by atoms with van der Waals surface area (Å²) in [7, 11) is -4.00. The Bertz CT molecular complexity index is 1320. The van der Waals surface area contributed by atoms with E-state index in [1.807, 2.05) is 44.2 Å². The Morgan fingerprint density at radius 2 is 1.74 bits per heavy atom. The number of carbonyl (C=O) groups is 1. The van der Waals surface area contributed by atoms with Crippen LogP contribution in [0, 0.1) is 13.8 Å². The van der Waals surface area contributed by atoms with Crippen LogP contribution >= 0.6 is 11.6 Å². The van der Waals surface area contributed by atoms with E-state index in [1.54, 1.807) is 12.1 Å². The Kier molecular flexibility index (Phi) is 7.64. The summed E-state index contributed by atoms with van der Waals surface area (Å²) in [5.74, 6) is -0.387. The lowest BCUT2D eigenvalue weighted by Gasteiger charge is -2.28. The summed E-state index contributed by atoms with van der Waals surface area (Å²) >= 11 is 6.21. The minimum absolute atomic E-state index is 0.0399. The van der Waals surface area contributed by atoms with Crippen LogP contribution in [0.5, 0.6) is 0 Å². The Balaban J connectivity index is 1.45. The predicted octanol–water partition coefficient (Wildman–Crippen LogP) is 4.52. The van der Waals surface area contributed by atoms with Crippen molar-refractivity contribution in [3.63, 3.8) is 0 Å². The van der Waals surface area contributed by atoms with Crippen LogP contribution in [0.1, 0.15) is 27.0 Å². The van der Waals surface area contributed by atoms with Gasteiger partial charge in [0, 0.05) is 30.9 Å². The summed E-state index contributed by atoms with van der Waals surface area (Å²) in [4.78, 5) is 14.9. The highest BCUT2D eigenvalue weighted by Crippen LogP contribution is 2.27. The van der Waals surface area contributed by atoms with Crippen molar-refractivity contribution in [1.82, 2.24) is 5.32 Å². The van der Waals surface area contributed by atoms with Crippen LogP contribution in [0.2, 0.25) is 5.02 Å². The molecule has 0 bridgehead atoms. The minimum Gasteiger partial charge on any atom is -0.378 e. The summed E-state index contributed by atoms with van der Waals surface area (Å²) in [5.41, 5.74) is 4.52. The number of halogens is 1. The number of anilines is 2. The molecule has 1 heterocycles. The highest BCUT2D eigenvalue weighted by atomic mass is 35.5. The van der Waals surface area contributed by atoms with Gasteiger partial charge in [-0.15, -0.1) is 0 Å². The zero-order valence-electron chi connectivity index (χ0n) is 19.7. The van der Waals surface area contributed by atoms with Gasteiger partial charge in [-0.05, 0) is 66.9 Å². The van der Waals surface area contributed by atoms with Crippen LogP contribution in [0.4, 0.5) is 11.4 Å². The zero-order chi connectivity index (χ0) is 25.0. The molecule has 0 aliphatic carbocycles. The molecule has 0 saturated carbocycles. The van der Waals surface area contributed by atoms with E-state index in [-0.39, 0.29) is 21.4 Å². The van der Waals surface area contributed by atoms with E-state index < -0.39 is 10.0 Å². The molecule has 0 atom stereocenters. The van der Waals surface area contributed by atoms with Crippen LogP contribution in [-0.2, 0) is 21.3 Å². The molecule has 0 spiro atoms. The molecule has 0 aromatic heterocycles. The maximum absolute atomic E-state index is 13.1. The quantitative estimate of drug-likeness (QED) is 0.485. The molecule has 0 radical (unpaired) electrons. The van der Waals surface area contributed by atoms with Crippen LogP contribution in [0.3, 0.4) is 0 Å². The molecule has 1 fully saturated rings. The van der Waals surface area contributed by atoms with Crippen molar-refractivity contribution in [2.45, 2.75) is 25.3 Å². The van der Waals surface area contributed by atoms with Gasteiger partial charge in [-0.25, -0.2) is 8.42 Å². The third-order valence-electron chi connectivity index (χ3n) is 6.10. The van der Waals surface area contributed by atoms with Crippen molar-refractivity contribution in [2.24, 2.45) is 0 Å². The molecule has 0 unspecified atom stereocenters. The molecule has 1 amide bonds. The molecular weight excluding hydrogens is 486 g/mol. The number of aryl methyl sites for hydroxylation is 1. The van der Waals surface area contributed by atoms with E-state index in [0.29, 0.717) is 12.2 Å². The number of amides is 1. The third-order valence-corrected chi connectivity index (χ3v) is 7.94. The molecule has 2 N–H and O–H groups in total. The highest BCUT2D eigenvalue weighted by molar-refractivity contribution is 7.92. The number of benzene rings is 3. The summed E-state index contributed by atoms with van der Waals surface area (Å²) in [6.45, 7) is 7.21. The molecular formula is C26H28ClN3O4S. The van der Waals surface area contributed by atoms with Crippen molar-refractivity contribution >= 4 is 38.9 Å². The van der Waals surface area contributed by atoms with E-state index in [1.165, 1.54) is 18.2 Å². The normalized spacial score (nSPS) is 14.0. The number of morpholine rings is 1. The molecule has 1 aliphatic heterocycles. The molecule has 184 valence electrons. The summed E-state index contributed by atoms with van der Waals surface area (Å²) in [5, 5.41) is 2.89. The summed E-state index contributed by atoms with van der Waals surface area (Å²) in [6.07, 6.45) is 0. The van der Waals surface area contributed by atoms with Crippen LogP contribution in [-0.4, -0.2) is 40.6 Å². The number of hydrogen-bond acceptors (Lipinski definition) is 5. The minimum atomic E-state index is -4.00.